The maximum absolute atomic E-state index is 6.12. The third-order valence-electron chi connectivity index (χ3n) is 6.19. The van der Waals surface area contributed by atoms with Gasteiger partial charge in [-0.3, -0.25) is 4.68 Å². The van der Waals surface area contributed by atoms with E-state index in [-0.39, 0.29) is 6.04 Å². The maximum Gasteiger partial charge on any atom is 0.222 e. The van der Waals surface area contributed by atoms with Crippen LogP contribution in [-0.2, 0) is 7.05 Å². The van der Waals surface area contributed by atoms with E-state index in [2.05, 4.69) is 47.9 Å². The first-order valence-corrected chi connectivity index (χ1v) is 11.1. The molecule has 1 fully saturated rings. The first-order valence-electron chi connectivity index (χ1n) is 11.1. The van der Waals surface area contributed by atoms with E-state index in [1.165, 1.54) is 6.42 Å². The molecule has 4 aromatic rings. The minimum absolute atomic E-state index is 0.225. The molecule has 0 spiro atoms. The molecule has 0 amide bonds. The van der Waals surface area contributed by atoms with Gasteiger partial charge in [-0.2, -0.15) is 10.2 Å². The monoisotopic (exact) mass is 431 g/mol. The lowest BCUT2D eigenvalue weighted by molar-refractivity contribution is 0.271. The van der Waals surface area contributed by atoms with E-state index in [0.29, 0.717) is 24.1 Å². The summed E-state index contributed by atoms with van der Waals surface area (Å²) >= 11 is 0. The Balaban J connectivity index is 1.46. The third-order valence-corrected chi connectivity index (χ3v) is 6.19. The molecule has 6 rings (SSSR count). The van der Waals surface area contributed by atoms with Gasteiger partial charge < -0.3 is 15.0 Å². The number of rotatable bonds is 1. The Morgan fingerprint density at radius 2 is 2.03 bits per heavy atom. The Labute approximate surface area is 185 Å². The molecule has 0 aliphatic carbocycles. The number of fused-ring (bicyclic) bond motifs is 5. The van der Waals surface area contributed by atoms with E-state index >= 15 is 0 Å². The van der Waals surface area contributed by atoms with Gasteiger partial charge in [-0.05, 0) is 32.3 Å². The number of ether oxygens (including phenoxy) is 1. The Bertz CT molecular complexity index is 1290. The molecule has 2 aliphatic heterocycles. The van der Waals surface area contributed by atoms with Gasteiger partial charge in [0.15, 0.2) is 11.6 Å². The Hall–Kier alpha value is -3.69. The Morgan fingerprint density at radius 3 is 2.88 bits per heavy atom. The number of aryl methyl sites for hydroxylation is 1. The third kappa shape index (κ3) is 3.14. The van der Waals surface area contributed by atoms with Gasteiger partial charge in [0.05, 0.1) is 29.7 Å². The summed E-state index contributed by atoms with van der Waals surface area (Å²) in [6, 6.07) is 4.12. The van der Waals surface area contributed by atoms with Crippen molar-refractivity contribution in [1.29, 1.82) is 0 Å². The number of nitrogens with zero attached hydrogens (tertiary/aromatic N) is 8. The van der Waals surface area contributed by atoms with Gasteiger partial charge in [-0.25, -0.2) is 19.6 Å². The van der Waals surface area contributed by atoms with Crippen LogP contribution < -0.4 is 15.0 Å². The molecule has 1 N–H and O–H groups in total. The smallest absolute Gasteiger partial charge is 0.222 e. The van der Waals surface area contributed by atoms with Crippen molar-refractivity contribution in [2.24, 2.45) is 7.05 Å². The fourth-order valence-corrected chi connectivity index (χ4v) is 4.29. The quantitative estimate of drug-likeness (QED) is 0.490. The number of aromatic nitrogens is 7. The summed E-state index contributed by atoms with van der Waals surface area (Å²) < 4.78 is 9.98. The molecule has 6 heterocycles. The number of hydrogen-bond acceptors (Lipinski definition) is 8. The molecule has 4 aromatic heterocycles. The first kappa shape index (κ1) is 19.0. The molecule has 32 heavy (non-hydrogen) atoms. The predicted molar refractivity (Wildman–Crippen MR) is 121 cm³/mol. The molecule has 164 valence electrons. The van der Waals surface area contributed by atoms with Crippen LogP contribution in [0.2, 0.25) is 0 Å². The molecular weight excluding hydrogens is 406 g/mol. The summed E-state index contributed by atoms with van der Waals surface area (Å²) in [4.78, 5) is 16.1. The van der Waals surface area contributed by atoms with E-state index in [1.807, 2.05) is 19.3 Å². The van der Waals surface area contributed by atoms with Crippen molar-refractivity contribution in [1.82, 2.24) is 34.5 Å². The van der Waals surface area contributed by atoms with Crippen LogP contribution in [0.4, 0.5) is 17.5 Å². The lowest BCUT2D eigenvalue weighted by Crippen LogP contribution is -2.37. The number of hydrogen-bond donors (Lipinski definition) is 1. The summed E-state index contributed by atoms with van der Waals surface area (Å²) in [6.45, 7) is 4.89. The molecule has 2 aliphatic rings. The lowest BCUT2D eigenvalue weighted by Gasteiger charge is -2.31. The maximum atomic E-state index is 6.12. The molecule has 1 saturated heterocycles. The van der Waals surface area contributed by atoms with E-state index in [4.69, 9.17) is 9.84 Å². The van der Waals surface area contributed by atoms with Gasteiger partial charge >= 0.3 is 0 Å². The second-order valence-corrected chi connectivity index (χ2v) is 8.41. The van der Waals surface area contributed by atoms with Gasteiger partial charge in [0.1, 0.15) is 17.2 Å². The Morgan fingerprint density at radius 1 is 1.12 bits per heavy atom. The van der Waals surface area contributed by atoms with Crippen molar-refractivity contribution in [2.75, 3.05) is 29.9 Å². The van der Waals surface area contributed by atoms with Crippen LogP contribution in [0.5, 0.6) is 5.88 Å². The SMILES string of the molecule is C[C@@H]1CCCOc2c(cnn2C)-c2nccc(n2)Nc2cc3c(cn2)c(N2CCC2)nn31. The summed E-state index contributed by atoms with van der Waals surface area (Å²) in [5, 5.41) is 13.8. The highest BCUT2D eigenvalue weighted by Gasteiger charge is 2.24. The summed E-state index contributed by atoms with van der Waals surface area (Å²) in [7, 11) is 1.87. The second kappa shape index (κ2) is 7.47. The van der Waals surface area contributed by atoms with Crippen molar-refractivity contribution in [2.45, 2.75) is 32.2 Å². The van der Waals surface area contributed by atoms with Crippen LogP contribution in [0.15, 0.2) is 30.7 Å². The van der Waals surface area contributed by atoms with E-state index < -0.39 is 0 Å². The van der Waals surface area contributed by atoms with Crippen LogP contribution >= 0.6 is 0 Å². The zero-order valence-electron chi connectivity index (χ0n) is 18.2. The van der Waals surface area contributed by atoms with Crippen LogP contribution in [0.3, 0.4) is 0 Å². The van der Waals surface area contributed by atoms with Crippen molar-refractivity contribution >= 4 is 28.4 Å². The zero-order valence-corrected chi connectivity index (χ0v) is 18.2. The Kier molecular flexibility index (Phi) is 4.44. The summed E-state index contributed by atoms with van der Waals surface area (Å²) in [6.07, 6.45) is 8.44. The molecule has 0 saturated carbocycles. The van der Waals surface area contributed by atoms with Crippen molar-refractivity contribution in [3.8, 4) is 17.3 Å². The van der Waals surface area contributed by atoms with Crippen molar-refractivity contribution < 1.29 is 4.74 Å². The highest BCUT2D eigenvalue weighted by atomic mass is 16.5. The first-order chi connectivity index (χ1) is 15.7. The van der Waals surface area contributed by atoms with Crippen molar-refractivity contribution in [3.05, 3.63) is 30.7 Å². The molecule has 0 radical (unpaired) electrons. The number of anilines is 3. The molecular formula is C22H25N9O. The molecule has 0 unspecified atom stereocenters. The predicted octanol–water partition coefficient (Wildman–Crippen LogP) is 3.31. The van der Waals surface area contributed by atoms with Gasteiger partial charge in [0, 0.05) is 38.6 Å². The standard InChI is InChI=1S/C22H25N9O/c1-14-5-3-10-32-22-16(13-25-29(22)2)20-23-7-6-18(27-20)26-19-11-17-15(12-24-19)21(28-31(14)17)30-8-4-9-30/h6-7,11-14H,3-5,8-10H2,1-2H3,(H,23,24,26,27)/t14-/m1/s1. The van der Waals surface area contributed by atoms with E-state index in [1.54, 1.807) is 17.1 Å². The van der Waals surface area contributed by atoms with Crippen LogP contribution in [0.1, 0.15) is 32.2 Å². The topological polar surface area (TPSA) is 98.8 Å². The zero-order chi connectivity index (χ0) is 21.7. The fraction of sp³-hybridized carbons (Fsp3) is 0.409. The van der Waals surface area contributed by atoms with Crippen LogP contribution in [0.25, 0.3) is 22.3 Å². The lowest BCUT2D eigenvalue weighted by atomic mass is 10.2. The fourth-order valence-electron chi connectivity index (χ4n) is 4.29. The molecule has 10 heteroatoms. The average molecular weight is 432 g/mol. The van der Waals surface area contributed by atoms with Gasteiger partial charge in [-0.1, -0.05) is 0 Å². The average Bonchev–Trinajstić information content (AvgIpc) is 3.30. The largest absolute Gasteiger partial charge is 0.477 e. The van der Waals surface area contributed by atoms with Gasteiger partial charge in [0.25, 0.3) is 0 Å². The second-order valence-electron chi connectivity index (χ2n) is 8.41. The minimum Gasteiger partial charge on any atom is -0.477 e. The number of pyridine rings is 1. The molecule has 1 atom stereocenters. The van der Waals surface area contributed by atoms with E-state index in [0.717, 1.165) is 54.0 Å². The van der Waals surface area contributed by atoms with E-state index in [9.17, 15) is 0 Å². The molecule has 10 nitrogen and oxygen atoms in total. The normalized spacial score (nSPS) is 18.3. The van der Waals surface area contributed by atoms with Crippen LogP contribution in [0, 0.1) is 0 Å². The summed E-state index contributed by atoms with van der Waals surface area (Å²) in [5.41, 5.74) is 1.85. The highest BCUT2D eigenvalue weighted by molar-refractivity contribution is 5.92. The van der Waals surface area contributed by atoms with Crippen LogP contribution in [-0.4, -0.2) is 54.2 Å². The summed E-state index contributed by atoms with van der Waals surface area (Å²) in [5.74, 6) is 3.65. The molecule has 4 bridgehead atoms. The van der Waals surface area contributed by atoms with Crippen molar-refractivity contribution in [3.63, 3.8) is 0 Å². The van der Waals surface area contributed by atoms with Gasteiger partial charge in [-0.15, -0.1) is 0 Å². The van der Waals surface area contributed by atoms with Gasteiger partial charge in [0.2, 0.25) is 5.88 Å². The number of nitrogens with one attached hydrogen (secondary N) is 1. The highest BCUT2D eigenvalue weighted by Crippen LogP contribution is 2.34. The molecule has 0 aromatic carbocycles. The minimum atomic E-state index is 0.225.